The fourth-order valence-corrected chi connectivity index (χ4v) is 2.86. The Kier molecular flexibility index (Phi) is 5.21. The number of hydrogen-bond donors (Lipinski definition) is 1. The molecule has 0 aromatic heterocycles. The van der Waals surface area contributed by atoms with Crippen LogP contribution in [0.5, 0.6) is 0 Å². The van der Waals surface area contributed by atoms with Crippen LogP contribution in [0.2, 0.25) is 0 Å². The van der Waals surface area contributed by atoms with E-state index >= 15 is 0 Å². The van der Waals surface area contributed by atoms with Crippen LogP contribution in [-0.4, -0.2) is 26.3 Å². The topological polar surface area (TPSA) is 21.3 Å². The van der Waals surface area contributed by atoms with E-state index < -0.39 is 0 Å². The van der Waals surface area contributed by atoms with Crippen LogP contribution < -0.4 is 5.32 Å². The molecule has 0 saturated carbocycles. The zero-order valence-electron chi connectivity index (χ0n) is 11.7. The Morgan fingerprint density at radius 2 is 2.11 bits per heavy atom. The van der Waals surface area contributed by atoms with Gasteiger partial charge in [0, 0.05) is 13.2 Å². The molecule has 1 atom stereocenters. The minimum absolute atomic E-state index is 0.480. The van der Waals surface area contributed by atoms with E-state index in [1.54, 1.807) is 18.2 Å². The first-order valence-corrected chi connectivity index (χ1v) is 7.16. The minimum Gasteiger partial charge on any atom is -0.383 e. The molecule has 0 fully saturated rings. The fraction of sp³-hybridized carbons (Fsp3) is 0.625. The van der Waals surface area contributed by atoms with E-state index in [2.05, 4.69) is 30.4 Å². The summed E-state index contributed by atoms with van der Waals surface area (Å²) in [7, 11) is 1.78. The molecule has 0 amide bonds. The van der Waals surface area contributed by atoms with Gasteiger partial charge in [0.05, 0.1) is 6.61 Å². The van der Waals surface area contributed by atoms with Crippen molar-refractivity contribution < 1.29 is 4.74 Å². The van der Waals surface area contributed by atoms with Gasteiger partial charge in [-0.15, -0.1) is 0 Å². The number of aryl methyl sites for hydroxylation is 3. The van der Waals surface area contributed by atoms with Crippen molar-refractivity contribution in [2.24, 2.45) is 0 Å². The Hall–Kier alpha value is -0.860. The van der Waals surface area contributed by atoms with Crippen LogP contribution in [0.25, 0.3) is 0 Å². The smallest absolute Gasteiger partial charge is 0.0615 e. The maximum absolute atomic E-state index is 5.26. The molecule has 2 heteroatoms. The Balaban J connectivity index is 1.88. The molecule has 100 valence electrons. The van der Waals surface area contributed by atoms with E-state index in [0.29, 0.717) is 6.04 Å². The second-order valence-corrected chi connectivity index (χ2v) is 5.21. The quantitative estimate of drug-likeness (QED) is 0.800. The normalized spacial score (nSPS) is 15.7. The zero-order chi connectivity index (χ0) is 12.8. The van der Waals surface area contributed by atoms with Crippen molar-refractivity contribution in [2.45, 2.75) is 45.1 Å². The van der Waals surface area contributed by atoms with Crippen molar-refractivity contribution in [1.29, 1.82) is 0 Å². The maximum Gasteiger partial charge on any atom is 0.0615 e. The first-order valence-electron chi connectivity index (χ1n) is 7.16. The highest BCUT2D eigenvalue weighted by Crippen LogP contribution is 2.23. The number of nitrogens with one attached hydrogen (secondary N) is 1. The molecule has 1 aliphatic rings. The third-order valence-electron chi connectivity index (χ3n) is 3.81. The van der Waals surface area contributed by atoms with Gasteiger partial charge in [-0.25, -0.2) is 0 Å². The number of hydrogen-bond acceptors (Lipinski definition) is 2. The van der Waals surface area contributed by atoms with E-state index in [9.17, 15) is 0 Å². The molecule has 0 saturated heterocycles. The first-order chi connectivity index (χ1) is 8.83. The fourth-order valence-electron chi connectivity index (χ4n) is 2.86. The maximum atomic E-state index is 5.26. The van der Waals surface area contributed by atoms with Gasteiger partial charge in [0.25, 0.3) is 0 Å². The summed E-state index contributed by atoms with van der Waals surface area (Å²) in [6.07, 6.45) is 6.19. The molecule has 1 aromatic carbocycles. The molecule has 18 heavy (non-hydrogen) atoms. The van der Waals surface area contributed by atoms with Crippen LogP contribution in [0, 0.1) is 0 Å². The predicted molar refractivity (Wildman–Crippen MR) is 76.1 cm³/mol. The Bertz CT molecular complexity index is 369. The van der Waals surface area contributed by atoms with Crippen LogP contribution in [0.15, 0.2) is 18.2 Å². The summed E-state index contributed by atoms with van der Waals surface area (Å²) in [6.45, 7) is 3.97. The number of benzene rings is 1. The summed E-state index contributed by atoms with van der Waals surface area (Å²) in [4.78, 5) is 0. The molecule has 1 aromatic rings. The largest absolute Gasteiger partial charge is 0.383 e. The second-order valence-electron chi connectivity index (χ2n) is 5.21. The number of rotatable bonds is 7. The van der Waals surface area contributed by atoms with Gasteiger partial charge in [-0.2, -0.15) is 0 Å². The number of likely N-dealkylation sites (N-methyl/N-ethyl adjacent to an activating group) is 1. The van der Waals surface area contributed by atoms with Gasteiger partial charge in [0.15, 0.2) is 0 Å². The number of ether oxygens (including phenoxy) is 1. The average Bonchev–Trinajstić information content (AvgIpc) is 2.84. The molecule has 0 heterocycles. The highest BCUT2D eigenvalue weighted by Gasteiger charge is 2.12. The summed E-state index contributed by atoms with van der Waals surface area (Å²) in [5.74, 6) is 0. The molecule has 1 aliphatic carbocycles. The van der Waals surface area contributed by atoms with Gasteiger partial charge in [-0.05, 0) is 55.3 Å². The monoisotopic (exact) mass is 247 g/mol. The molecule has 0 radical (unpaired) electrons. The van der Waals surface area contributed by atoms with Gasteiger partial charge in [0.2, 0.25) is 0 Å². The molecular weight excluding hydrogens is 222 g/mol. The molecular formula is C16H25NO. The van der Waals surface area contributed by atoms with Crippen molar-refractivity contribution in [3.63, 3.8) is 0 Å². The summed E-state index contributed by atoms with van der Waals surface area (Å²) in [6, 6.07) is 7.53. The van der Waals surface area contributed by atoms with E-state index in [4.69, 9.17) is 4.74 Å². The molecule has 0 spiro atoms. The second kappa shape index (κ2) is 6.91. The number of methoxy groups -OCH3 is 1. The van der Waals surface area contributed by atoms with Crippen LogP contribution in [0.3, 0.4) is 0 Å². The van der Waals surface area contributed by atoms with Crippen molar-refractivity contribution >= 4 is 0 Å². The van der Waals surface area contributed by atoms with Crippen molar-refractivity contribution in [3.8, 4) is 0 Å². The van der Waals surface area contributed by atoms with Crippen LogP contribution in [0.1, 0.15) is 36.5 Å². The van der Waals surface area contributed by atoms with Crippen LogP contribution in [-0.2, 0) is 24.0 Å². The Morgan fingerprint density at radius 3 is 2.89 bits per heavy atom. The number of fused-ring (bicyclic) bond motifs is 1. The van der Waals surface area contributed by atoms with Gasteiger partial charge in [0.1, 0.15) is 0 Å². The van der Waals surface area contributed by atoms with Crippen LogP contribution in [0.4, 0.5) is 0 Å². The van der Waals surface area contributed by atoms with Gasteiger partial charge in [-0.3, -0.25) is 0 Å². The van der Waals surface area contributed by atoms with E-state index in [1.165, 1.54) is 24.8 Å². The summed E-state index contributed by atoms with van der Waals surface area (Å²) >= 11 is 0. The van der Waals surface area contributed by atoms with Crippen molar-refractivity contribution in [3.05, 3.63) is 34.9 Å². The van der Waals surface area contributed by atoms with Crippen LogP contribution >= 0.6 is 0 Å². The highest BCUT2D eigenvalue weighted by molar-refractivity contribution is 5.35. The first kappa shape index (κ1) is 13.6. The van der Waals surface area contributed by atoms with Gasteiger partial charge < -0.3 is 10.1 Å². The highest BCUT2D eigenvalue weighted by atomic mass is 16.5. The van der Waals surface area contributed by atoms with Gasteiger partial charge >= 0.3 is 0 Å². The Labute approximate surface area is 111 Å². The molecule has 2 nitrogen and oxygen atoms in total. The molecule has 0 bridgehead atoms. The Morgan fingerprint density at radius 1 is 1.28 bits per heavy atom. The summed E-state index contributed by atoms with van der Waals surface area (Å²) in [5.41, 5.74) is 4.63. The average molecular weight is 247 g/mol. The molecule has 0 aliphatic heterocycles. The van der Waals surface area contributed by atoms with E-state index in [1.807, 2.05) is 0 Å². The van der Waals surface area contributed by atoms with E-state index in [0.717, 1.165) is 26.0 Å². The lowest BCUT2D eigenvalue weighted by atomic mass is 10.0. The third kappa shape index (κ3) is 3.56. The lowest BCUT2D eigenvalue weighted by Gasteiger charge is -2.17. The van der Waals surface area contributed by atoms with E-state index in [-0.39, 0.29) is 0 Å². The molecule has 1 unspecified atom stereocenters. The third-order valence-corrected chi connectivity index (χ3v) is 3.81. The predicted octanol–water partition coefficient (Wildman–Crippen LogP) is 2.73. The van der Waals surface area contributed by atoms with Crippen molar-refractivity contribution in [2.75, 3.05) is 20.3 Å². The minimum atomic E-state index is 0.480. The molecule has 2 rings (SSSR count). The lowest BCUT2D eigenvalue weighted by Crippen LogP contribution is -2.33. The van der Waals surface area contributed by atoms with Gasteiger partial charge in [-0.1, -0.05) is 25.1 Å². The van der Waals surface area contributed by atoms with Crippen molar-refractivity contribution in [1.82, 2.24) is 5.32 Å². The SMILES string of the molecule is CCNC(CCc1ccc2c(c1)CCC2)COC. The summed E-state index contributed by atoms with van der Waals surface area (Å²) < 4.78 is 5.26. The standard InChI is InChI=1S/C16H25NO/c1-3-17-16(12-18-2)10-8-13-7-9-14-5-4-6-15(14)11-13/h7,9,11,16-17H,3-6,8,10,12H2,1-2H3. The summed E-state index contributed by atoms with van der Waals surface area (Å²) in [5, 5.41) is 3.48. The zero-order valence-corrected chi connectivity index (χ0v) is 11.7. The lowest BCUT2D eigenvalue weighted by molar-refractivity contribution is 0.163. The molecule has 1 N–H and O–H groups in total.